The van der Waals surface area contributed by atoms with E-state index in [1.807, 2.05) is 12.2 Å². The van der Waals surface area contributed by atoms with Gasteiger partial charge in [-0.1, -0.05) is 11.6 Å². The summed E-state index contributed by atoms with van der Waals surface area (Å²) in [5, 5.41) is 0. The van der Waals surface area contributed by atoms with Crippen molar-refractivity contribution in [2.45, 2.75) is 12.8 Å². The van der Waals surface area contributed by atoms with Crippen molar-refractivity contribution < 1.29 is 60.6 Å². The Labute approximate surface area is 113 Å². The molecule has 0 aliphatic heterocycles. The van der Waals surface area contributed by atoms with Crippen LogP contribution in [-0.4, -0.2) is 6.29 Å². The van der Waals surface area contributed by atoms with Crippen molar-refractivity contribution in [3.05, 3.63) is 29.2 Å². The van der Waals surface area contributed by atoms with Crippen molar-refractivity contribution in [2.75, 3.05) is 0 Å². The fourth-order valence-corrected chi connectivity index (χ4v) is 1.26. The molecule has 0 aromatic carbocycles. The maximum atomic E-state index is 10.2. The van der Waals surface area contributed by atoms with Crippen LogP contribution >= 0.6 is 0 Å². The van der Waals surface area contributed by atoms with Gasteiger partial charge >= 0.3 is 51.4 Å². The van der Waals surface area contributed by atoms with E-state index in [0.29, 0.717) is 5.76 Å². The summed E-state index contributed by atoms with van der Waals surface area (Å²) in [6.45, 7) is 0. The molecule has 0 bridgehead atoms. The number of carbonyl (C=O) groups excluding carboxylic acids is 1. The van der Waals surface area contributed by atoms with Crippen LogP contribution in [0.2, 0.25) is 0 Å². The number of furan rings is 1. The van der Waals surface area contributed by atoms with Gasteiger partial charge in [0.1, 0.15) is 5.76 Å². The number of hydrogen-bond donors (Lipinski definition) is 0. The van der Waals surface area contributed by atoms with Crippen LogP contribution in [0.5, 0.6) is 0 Å². The van der Waals surface area contributed by atoms with Crippen LogP contribution in [0.15, 0.2) is 16.6 Å². The molecular weight excluding hydrogens is 179 g/mol. The van der Waals surface area contributed by atoms with Gasteiger partial charge in [-0.15, -0.1) is 0 Å². The quantitative estimate of drug-likeness (QED) is 0.403. The average molecular weight is 186 g/mol. The molecule has 0 amide bonds. The van der Waals surface area contributed by atoms with Crippen molar-refractivity contribution in [1.82, 2.24) is 0 Å². The molecule has 12 heavy (non-hydrogen) atoms. The van der Waals surface area contributed by atoms with Crippen molar-refractivity contribution in [2.24, 2.45) is 0 Å². The Hall–Kier alpha value is 0.326. The largest absolute Gasteiger partial charge is 1.00 e. The zero-order chi connectivity index (χ0) is 7.68. The maximum absolute atomic E-state index is 10.2. The van der Waals surface area contributed by atoms with E-state index in [-0.39, 0.29) is 51.4 Å². The number of rotatable bonds is 1. The van der Waals surface area contributed by atoms with Crippen LogP contribution < -0.4 is 51.4 Å². The minimum atomic E-state index is 0. The van der Waals surface area contributed by atoms with Gasteiger partial charge in [-0.25, -0.2) is 0 Å². The third kappa shape index (κ3) is 1.97. The number of allylic oxidation sites excluding steroid dienone is 1. The van der Waals surface area contributed by atoms with E-state index in [2.05, 4.69) is 0 Å². The van der Waals surface area contributed by atoms with E-state index in [0.717, 1.165) is 24.2 Å². The molecule has 2 nitrogen and oxygen atoms in total. The van der Waals surface area contributed by atoms with E-state index < -0.39 is 0 Å². The minimum Gasteiger partial charge on any atom is -0.494 e. The second-order valence-electron chi connectivity index (χ2n) is 2.54. The molecule has 0 unspecified atom stereocenters. The van der Waals surface area contributed by atoms with Gasteiger partial charge in [-0.2, -0.15) is 6.07 Å². The van der Waals surface area contributed by atoms with E-state index in [9.17, 15) is 4.79 Å². The maximum Gasteiger partial charge on any atom is 1.00 e. The van der Waals surface area contributed by atoms with E-state index in [1.54, 1.807) is 12.4 Å². The predicted molar refractivity (Wildman–Crippen MR) is 40.9 cm³/mol. The topological polar surface area (TPSA) is 30.2 Å². The standard InChI is InChI=1S/C9H7O2.K/c10-6-8-5-7-3-1-2-4-9(7)11-8;/h2,4-5H,1,3H2;/q-1;+1. The molecule has 0 radical (unpaired) electrons. The number of hydrogen-bond acceptors (Lipinski definition) is 2. The summed E-state index contributed by atoms with van der Waals surface area (Å²) in [6.07, 6.45) is 7.68. The molecule has 1 aliphatic rings. The van der Waals surface area contributed by atoms with Gasteiger partial charge < -0.3 is 9.21 Å². The Bertz CT molecular complexity index is 312. The summed E-state index contributed by atoms with van der Waals surface area (Å²) >= 11 is 0. The second kappa shape index (κ2) is 4.53. The van der Waals surface area contributed by atoms with Crippen LogP contribution in [0, 0.1) is 0 Å². The Morgan fingerprint density at radius 2 is 2.33 bits per heavy atom. The molecule has 0 atom stereocenters. The van der Waals surface area contributed by atoms with Gasteiger partial charge in [0.15, 0.2) is 0 Å². The molecule has 0 saturated heterocycles. The third-order valence-corrected chi connectivity index (χ3v) is 1.79. The first-order valence-corrected chi connectivity index (χ1v) is 3.57. The third-order valence-electron chi connectivity index (χ3n) is 1.79. The van der Waals surface area contributed by atoms with Gasteiger partial charge in [0.25, 0.3) is 0 Å². The van der Waals surface area contributed by atoms with Crippen molar-refractivity contribution >= 4 is 12.4 Å². The molecular formula is C9H7KO2. The molecule has 1 aromatic heterocycles. The number of aryl methyl sites for hydroxylation is 1. The summed E-state index contributed by atoms with van der Waals surface area (Å²) in [7, 11) is 0. The molecule has 2 rings (SSSR count). The first-order valence-electron chi connectivity index (χ1n) is 3.57. The number of fused-ring (bicyclic) bond motifs is 1. The molecule has 56 valence electrons. The average Bonchev–Trinajstić information content (AvgIpc) is 2.46. The minimum absolute atomic E-state index is 0. The normalized spacial score (nSPS) is 13.3. The molecule has 0 N–H and O–H groups in total. The molecule has 1 aromatic rings. The Kier molecular flexibility index (Phi) is 3.93. The fourth-order valence-electron chi connectivity index (χ4n) is 1.26. The smallest absolute Gasteiger partial charge is 0.494 e. The van der Waals surface area contributed by atoms with Gasteiger partial charge in [0.2, 0.25) is 0 Å². The van der Waals surface area contributed by atoms with Crippen molar-refractivity contribution in [3.63, 3.8) is 0 Å². The fraction of sp³-hybridized carbons (Fsp3) is 0.222. The summed E-state index contributed by atoms with van der Waals surface area (Å²) in [6, 6.07) is 1.76. The van der Waals surface area contributed by atoms with E-state index in [1.165, 1.54) is 0 Å². The Morgan fingerprint density at radius 3 is 3.00 bits per heavy atom. The first kappa shape index (κ1) is 10.4. The molecule has 0 saturated carbocycles. The van der Waals surface area contributed by atoms with Gasteiger partial charge in [0.05, 0.1) is 0 Å². The monoisotopic (exact) mass is 186 g/mol. The second-order valence-corrected chi connectivity index (χ2v) is 2.54. The van der Waals surface area contributed by atoms with Crippen LogP contribution in [0.4, 0.5) is 0 Å². The van der Waals surface area contributed by atoms with Crippen LogP contribution in [0.3, 0.4) is 0 Å². The van der Waals surface area contributed by atoms with Crippen molar-refractivity contribution in [1.29, 1.82) is 0 Å². The van der Waals surface area contributed by atoms with Crippen LogP contribution in [0.1, 0.15) is 23.5 Å². The predicted octanol–water partition coefficient (Wildman–Crippen LogP) is -1.30. The molecule has 1 aliphatic carbocycles. The van der Waals surface area contributed by atoms with Crippen LogP contribution in [0.25, 0.3) is 6.08 Å². The first-order chi connectivity index (χ1) is 5.40. The zero-order valence-electron chi connectivity index (χ0n) is 6.96. The SMILES string of the molecule is O=[C-]c1cc2c(o1)C=CCC2.[K+]. The molecule has 0 fully saturated rings. The molecule has 1 heterocycles. The molecule has 0 spiro atoms. The van der Waals surface area contributed by atoms with Gasteiger partial charge in [-0.05, 0) is 18.9 Å². The van der Waals surface area contributed by atoms with E-state index in [4.69, 9.17) is 4.42 Å². The van der Waals surface area contributed by atoms with Gasteiger partial charge in [-0.3, -0.25) is 0 Å². The van der Waals surface area contributed by atoms with Crippen molar-refractivity contribution in [3.8, 4) is 0 Å². The summed E-state index contributed by atoms with van der Waals surface area (Å²) in [5.74, 6) is 1.12. The Balaban J connectivity index is 0.000000720. The zero-order valence-corrected chi connectivity index (χ0v) is 10.1. The van der Waals surface area contributed by atoms with E-state index >= 15 is 0 Å². The van der Waals surface area contributed by atoms with Crippen LogP contribution in [-0.2, 0) is 11.2 Å². The Morgan fingerprint density at radius 1 is 1.50 bits per heavy atom. The van der Waals surface area contributed by atoms with Gasteiger partial charge in [0, 0.05) is 12.0 Å². The summed E-state index contributed by atoms with van der Waals surface area (Å²) in [5.41, 5.74) is 1.12. The summed E-state index contributed by atoms with van der Waals surface area (Å²) < 4.78 is 5.14. The summed E-state index contributed by atoms with van der Waals surface area (Å²) in [4.78, 5) is 10.2. The molecule has 3 heteroatoms.